The quantitative estimate of drug-likeness (QED) is 0.634. The highest BCUT2D eigenvalue weighted by Gasteiger charge is 2.25. The fourth-order valence-corrected chi connectivity index (χ4v) is 3.30. The van der Waals surface area contributed by atoms with E-state index in [0.29, 0.717) is 17.9 Å². The summed E-state index contributed by atoms with van der Waals surface area (Å²) in [6.07, 6.45) is 0. The Balaban J connectivity index is 1.79. The average Bonchev–Trinajstić information content (AvgIpc) is 3.16. The number of carbonyl (C=O) groups excluding carboxylic acids is 1. The minimum atomic E-state index is -0.205. The second-order valence-corrected chi connectivity index (χ2v) is 7.49. The molecule has 0 unspecified atom stereocenters. The Kier molecular flexibility index (Phi) is 5.77. The molecular weight excluding hydrogens is 368 g/mol. The standard InChI is InChI=1S/C22H28N4O3/c1-13-9-8-10-20(14(13)2)28-12-19-17(5)29-24-21(19)22(27)25(6)11-18-15(3)23-26(7)16(18)4/h8-10H,11-12H2,1-7H3. The lowest BCUT2D eigenvalue weighted by Gasteiger charge is -2.17. The van der Waals surface area contributed by atoms with Crippen molar-refractivity contribution in [1.29, 1.82) is 0 Å². The van der Waals surface area contributed by atoms with Gasteiger partial charge in [0.05, 0.1) is 11.3 Å². The Labute approximate surface area is 171 Å². The number of carbonyl (C=O) groups is 1. The molecule has 0 N–H and O–H groups in total. The predicted octanol–water partition coefficient (Wildman–Crippen LogP) is 3.80. The van der Waals surface area contributed by atoms with E-state index in [4.69, 9.17) is 9.26 Å². The molecule has 154 valence electrons. The van der Waals surface area contributed by atoms with Gasteiger partial charge in [-0.05, 0) is 51.8 Å². The van der Waals surface area contributed by atoms with Gasteiger partial charge < -0.3 is 14.2 Å². The molecule has 2 heterocycles. The molecule has 0 aliphatic heterocycles. The molecule has 0 aliphatic rings. The largest absolute Gasteiger partial charge is 0.488 e. The fraction of sp³-hybridized carbons (Fsp3) is 0.409. The van der Waals surface area contributed by atoms with E-state index in [-0.39, 0.29) is 18.2 Å². The fourth-order valence-electron chi connectivity index (χ4n) is 3.30. The number of rotatable bonds is 6. The number of hydrogen-bond acceptors (Lipinski definition) is 5. The Bertz CT molecular complexity index is 1050. The van der Waals surface area contributed by atoms with E-state index in [1.807, 2.05) is 57.6 Å². The maximum absolute atomic E-state index is 13.1. The van der Waals surface area contributed by atoms with Gasteiger partial charge in [0.15, 0.2) is 5.69 Å². The highest BCUT2D eigenvalue weighted by molar-refractivity contribution is 5.93. The van der Waals surface area contributed by atoms with Crippen LogP contribution in [0, 0.1) is 34.6 Å². The van der Waals surface area contributed by atoms with E-state index in [2.05, 4.69) is 10.3 Å². The van der Waals surface area contributed by atoms with E-state index >= 15 is 0 Å². The summed E-state index contributed by atoms with van der Waals surface area (Å²) in [6.45, 7) is 10.5. The molecule has 0 fully saturated rings. The van der Waals surface area contributed by atoms with E-state index in [0.717, 1.165) is 33.8 Å². The molecule has 3 rings (SSSR count). The van der Waals surface area contributed by atoms with Crippen molar-refractivity contribution < 1.29 is 14.1 Å². The summed E-state index contributed by atoms with van der Waals surface area (Å²) in [5.41, 5.74) is 6.18. The Morgan fingerprint density at radius 1 is 1.17 bits per heavy atom. The van der Waals surface area contributed by atoms with Crippen LogP contribution in [0.1, 0.15) is 49.9 Å². The summed E-state index contributed by atoms with van der Waals surface area (Å²) in [5.74, 6) is 1.17. The van der Waals surface area contributed by atoms with Crippen LogP contribution in [0.15, 0.2) is 22.7 Å². The van der Waals surface area contributed by atoms with Gasteiger partial charge >= 0.3 is 0 Å². The smallest absolute Gasteiger partial charge is 0.276 e. The molecule has 7 heteroatoms. The number of benzene rings is 1. The molecule has 7 nitrogen and oxygen atoms in total. The molecule has 29 heavy (non-hydrogen) atoms. The summed E-state index contributed by atoms with van der Waals surface area (Å²) >= 11 is 0. The average molecular weight is 396 g/mol. The lowest BCUT2D eigenvalue weighted by Crippen LogP contribution is -2.28. The second kappa shape index (κ2) is 8.11. The molecule has 0 saturated heterocycles. The lowest BCUT2D eigenvalue weighted by molar-refractivity contribution is 0.0772. The Morgan fingerprint density at radius 3 is 2.55 bits per heavy atom. The first-order valence-corrected chi connectivity index (χ1v) is 9.59. The Morgan fingerprint density at radius 2 is 1.90 bits per heavy atom. The van der Waals surface area contributed by atoms with Crippen LogP contribution in [0.5, 0.6) is 5.75 Å². The number of nitrogens with zero attached hydrogens (tertiary/aromatic N) is 4. The normalized spacial score (nSPS) is 11.0. The SMILES string of the molecule is Cc1cccc(OCc2c(C(=O)N(C)Cc3c(C)nn(C)c3C)noc2C)c1C. The summed E-state index contributed by atoms with van der Waals surface area (Å²) < 4.78 is 13.1. The van der Waals surface area contributed by atoms with Gasteiger partial charge in [0.2, 0.25) is 0 Å². The van der Waals surface area contributed by atoms with Crippen LogP contribution in [-0.4, -0.2) is 32.8 Å². The first-order chi connectivity index (χ1) is 13.7. The van der Waals surface area contributed by atoms with Crippen LogP contribution < -0.4 is 4.74 Å². The van der Waals surface area contributed by atoms with Crippen LogP contribution >= 0.6 is 0 Å². The molecule has 0 aliphatic carbocycles. The topological polar surface area (TPSA) is 73.4 Å². The number of aromatic nitrogens is 3. The highest BCUT2D eigenvalue weighted by Crippen LogP contribution is 2.24. The van der Waals surface area contributed by atoms with Crippen molar-refractivity contribution in [1.82, 2.24) is 19.8 Å². The van der Waals surface area contributed by atoms with E-state index in [1.54, 1.807) is 18.9 Å². The molecule has 1 amide bonds. The van der Waals surface area contributed by atoms with Crippen LogP contribution in [0.3, 0.4) is 0 Å². The molecule has 0 saturated carbocycles. The highest BCUT2D eigenvalue weighted by atomic mass is 16.5. The predicted molar refractivity (Wildman–Crippen MR) is 110 cm³/mol. The van der Waals surface area contributed by atoms with E-state index in [9.17, 15) is 4.79 Å². The molecule has 0 atom stereocenters. The van der Waals surface area contributed by atoms with Gasteiger partial charge in [0.25, 0.3) is 5.91 Å². The monoisotopic (exact) mass is 396 g/mol. The van der Waals surface area contributed by atoms with Crippen molar-refractivity contribution in [3.05, 3.63) is 63.3 Å². The summed E-state index contributed by atoms with van der Waals surface area (Å²) in [4.78, 5) is 14.7. The summed E-state index contributed by atoms with van der Waals surface area (Å²) in [6, 6.07) is 5.92. The van der Waals surface area contributed by atoms with E-state index < -0.39 is 0 Å². The molecule has 3 aromatic rings. The van der Waals surface area contributed by atoms with Crippen molar-refractivity contribution in [3.8, 4) is 5.75 Å². The van der Waals surface area contributed by atoms with Crippen LogP contribution in [0.25, 0.3) is 0 Å². The number of aryl methyl sites for hydroxylation is 4. The van der Waals surface area contributed by atoms with Crippen LogP contribution in [0.4, 0.5) is 0 Å². The second-order valence-electron chi connectivity index (χ2n) is 7.49. The summed E-state index contributed by atoms with van der Waals surface area (Å²) in [7, 11) is 3.66. The van der Waals surface area contributed by atoms with Crippen molar-refractivity contribution in [2.75, 3.05) is 7.05 Å². The maximum atomic E-state index is 13.1. The van der Waals surface area contributed by atoms with Gasteiger partial charge in [0, 0.05) is 31.9 Å². The third kappa shape index (κ3) is 4.04. The number of ether oxygens (including phenoxy) is 1. The van der Waals surface area contributed by atoms with Gasteiger partial charge in [-0.15, -0.1) is 0 Å². The zero-order valence-corrected chi connectivity index (χ0v) is 18.2. The maximum Gasteiger partial charge on any atom is 0.276 e. The molecule has 0 bridgehead atoms. The van der Waals surface area contributed by atoms with Crippen molar-refractivity contribution in [2.24, 2.45) is 7.05 Å². The van der Waals surface area contributed by atoms with Crippen LogP contribution in [0.2, 0.25) is 0 Å². The first kappa shape index (κ1) is 20.6. The van der Waals surface area contributed by atoms with Gasteiger partial charge in [-0.3, -0.25) is 9.48 Å². The van der Waals surface area contributed by atoms with Crippen molar-refractivity contribution >= 4 is 5.91 Å². The minimum Gasteiger partial charge on any atom is -0.488 e. The van der Waals surface area contributed by atoms with Crippen molar-refractivity contribution in [3.63, 3.8) is 0 Å². The lowest BCUT2D eigenvalue weighted by atomic mass is 10.1. The van der Waals surface area contributed by atoms with Crippen LogP contribution in [-0.2, 0) is 20.2 Å². The van der Waals surface area contributed by atoms with Gasteiger partial charge in [-0.1, -0.05) is 17.3 Å². The molecular formula is C22H28N4O3. The zero-order chi connectivity index (χ0) is 21.3. The third-order valence-electron chi connectivity index (χ3n) is 5.52. The Hall–Kier alpha value is -3.09. The molecule has 0 spiro atoms. The van der Waals surface area contributed by atoms with Gasteiger partial charge in [-0.25, -0.2) is 0 Å². The third-order valence-corrected chi connectivity index (χ3v) is 5.52. The van der Waals surface area contributed by atoms with Gasteiger partial charge in [0.1, 0.15) is 18.1 Å². The van der Waals surface area contributed by atoms with Crippen molar-refractivity contribution in [2.45, 2.75) is 47.8 Å². The van der Waals surface area contributed by atoms with Gasteiger partial charge in [-0.2, -0.15) is 5.10 Å². The summed E-state index contributed by atoms with van der Waals surface area (Å²) in [5, 5.41) is 8.43. The molecule has 0 radical (unpaired) electrons. The minimum absolute atomic E-state index is 0.205. The molecule has 1 aromatic carbocycles. The van der Waals surface area contributed by atoms with E-state index in [1.165, 1.54) is 0 Å². The molecule has 2 aromatic heterocycles. The number of amides is 1. The first-order valence-electron chi connectivity index (χ1n) is 9.59. The number of hydrogen-bond donors (Lipinski definition) is 0. The zero-order valence-electron chi connectivity index (χ0n) is 18.2.